The number of benzene rings is 1. The minimum atomic E-state index is -4.56. The first-order valence-corrected chi connectivity index (χ1v) is 5.49. The van der Waals surface area contributed by atoms with Gasteiger partial charge in [0.15, 0.2) is 5.43 Å². The first kappa shape index (κ1) is 12.2. The molecule has 1 heterocycles. The monoisotopic (exact) mass is 305 g/mol. The molecule has 90 valence electrons. The van der Waals surface area contributed by atoms with Crippen LogP contribution in [0.4, 0.5) is 13.2 Å². The van der Waals surface area contributed by atoms with E-state index in [0.29, 0.717) is 16.1 Å². The van der Waals surface area contributed by atoms with Crippen LogP contribution in [0, 0.1) is 6.92 Å². The van der Waals surface area contributed by atoms with E-state index in [2.05, 4.69) is 20.9 Å². The normalized spacial score (nSPS) is 12.1. The van der Waals surface area contributed by atoms with Gasteiger partial charge < -0.3 is 4.98 Å². The highest BCUT2D eigenvalue weighted by atomic mass is 79.9. The summed E-state index contributed by atoms with van der Waals surface area (Å²) in [4.78, 5) is 13.9. The summed E-state index contributed by atoms with van der Waals surface area (Å²) in [7, 11) is 0. The molecule has 2 aromatic rings. The molecule has 0 spiro atoms. The van der Waals surface area contributed by atoms with Gasteiger partial charge in [0.1, 0.15) is 5.69 Å². The predicted octanol–water partition coefficient (Wildman–Crippen LogP) is 3.62. The number of rotatable bonds is 0. The average molecular weight is 306 g/mol. The van der Waals surface area contributed by atoms with Gasteiger partial charge in [-0.1, -0.05) is 6.07 Å². The number of aromatic nitrogens is 1. The highest BCUT2D eigenvalue weighted by Gasteiger charge is 2.32. The number of hydrogen-bond donors (Lipinski definition) is 1. The minimum Gasteiger partial charge on any atom is -0.350 e. The molecular formula is C11H7BrF3NO. The number of nitrogens with one attached hydrogen (secondary N) is 1. The second-order valence-corrected chi connectivity index (χ2v) is 4.51. The summed E-state index contributed by atoms with van der Waals surface area (Å²) in [5.41, 5.74) is -0.867. The maximum atomic E-state index is 12.5. The first-order valence-electron chi connectivity index (χ1n) is 4.70. The zero-order valence-electron chi connectivity index (χ0n) is 8.65. The van der Waals surface area contributed by atoms with Crippen molar-refractivity contribution in [2.45, 2.75) is 13.1 Å². The third-order valence-electron chi connectivity index (χ3n) is 2.45. The smallest absolute Gasteiger partial charge is 0.350 e. The van der Waals surface area contributed by atoms with Gasteiger partial charge >= 0.3 is 6.18 Å². The Balaban J connectivity index is 2.92. The van der Waals surface area contributed by atoms with Gasteiger partial charge in [0.25, 0.3) is 0 Å². The summed E-state index contributed by atoms with van der Waals surface area (Å²) in [6.45, 7) is 1.68. The Labute approximate surface area is 103 Å². The summed E-state index contributed by atoms with van der Waals surface area (Å²) in [6.07, 6.45) is -4.56. The molecule has 0 unspecified atom stereocenters. The van der Waals surface area contributed by atoms with Crippen LogP contribution in [0.15, 0.2) is 27.5 Å². The van der Waals surface area contributed by atoms with Crippen LogP contribution in [0.25, 0.3) is 10.9 Å². The molecule has 0 radical (unpaired) electrons. The molecule has 0 amide bonds. The van der Waals surface area contributed by atoms with Gasteiger partial charge in [-0.2, -0.15) is 13.2 Å². The third kappa shape index (κ3) is 2.09. The topological polar surface area (TPSA) is 32.9 Å². The number of aryl methyl sites for hydroxylation is 1. The van der Waals surface area contributed by atoms with Gasteiger partial charge in [0.05, 0.1) is 5.52 Å². The van der Waals surface area contributed by atoms with Crippen molar-refractivity contribution in [1.82, 2.24) is 4.98 Å². The molecule has 0 aliphatic heterocycles. The van der Waals surface area contributed by atoms with Crippen molar-refractivity contribution >= 4 is 26.8 Å². The second kappa shape index (κ2) is 3.87. The van der Waals surface area contributed by atoms with E-state index in [9.17, 15) is 18.0 Å². The molecule has 1 aromatic heterocycles. The number of halogens is 4. The lowest BCUT2D eigenvalue weighted by molar-refractivity contribution is -0.141. The highest BCUT2D eigenvalue weighted by molar-refractivity contribution is 9.10. The van der Waals surface area contributed by atoms with E-state index in [1.165, 1.54) is 0 Å². The van der Waals surface area contributed by atoms with Gasteiger partial charge in [-0.15, -0.1) is 0 Å². The van der Waals surface area contributed by atoms with Crippen molar-refractivity contribution in [3.05, 3.63) is 44.2 Å². The predicted molar refractivity (Wildman–Crippen MR) is 62.0 cm³/mol. The fraction of sp³-hybridized carbons (Fsp3) is 0.182. The van der Waals surface area contributed by atoms with Crippen LogP contribution in [0.3, 0.4) is 0 Å². The number of pyridine rings is 1. The summed E-state index contributed by atoms with van der Waals surface area (Å²) < 4.78 is 38.1. The van der Waals surface area contributed by atoms with E-state index in [-0.39, 0.29) is 10.9 Å². The van der Waals surface area contributed by atoms with Crippen molar-refractivity contribution in [2.24, 2.45) is 0 Å². The maximum Gasteiger partial charge on any atom is 0.431 e. The molecule has 1 aromatic carbocycles. The largest absolute Gasteiger partial charge is 0.431 e. The van der Waals surface area contributed by atoms with E-state index in [1.807, 2.05) is 0 Å². The van der Waals surface area contributed by atoms with Crippen LogP contribution >= 0.6 is 15.9 Å². The molecule has 0 bridgehead atoms. The summed E-state index contributed by atoms with van der Waals surface area (Å²) in [6, 6.07) is 3.87. The van der Waals surface area contributed by atoms with Gasteiger partial charge in [0, 0.05) is 15.9 Å². The molecule has 0 aliphatic carbocycles. The fourth-order valence-corrected chi connectivity index (χ4v) is 2.08. The molecular weight excluding hydrogens is 299 g/mol. The lowest BCUT2D eigenvalue weighted by atomic mass is 10.1. The zero-order valence-corrected chi connectivity index (χ0v) is 10.2. The Hall–Kier alpha value is -1.30. The van der Waals surface area contributed by atoms with Crippen molar-refractivity contribution in [2.75, 3.05) is 0 Å². The summed E-state index contributed by atoms with van der Waals surface area (Å²) in [5.74, 6) is 0. The lowest BCUT2D eigenvalue weighted by Crippen LogP contribution is -2.14. The second-order valence-electron chi connectivity index (χ2n) is 3.66. The molecule has 0 fully saturated rings. The van der Waals surface area contributed by atoms with E-state index >= 15 is 0 Å². The fourth-order valence-electron chi connectivity index (χ4n) is 1.65. The summed E-state index contributed by atoms with van der Waals surface area (Å²) >= 11 is 3.13. The zero-order chi connectivity index (χ0) is 12.8. The van der Waals surface area contributed by atoms with Gasteiger partial charge in [-0.3, -0.25) is 4.79 Å². The van der Waals surface area contributed by atoms with Crippen molar-refractivity contribution < 1.29 is 13.2 Å². The van der Waals surface area contributed by atoms with Crippen LogP contribution in [-0.2, 0) is 6.18 Å². The Bertz CT molecular complexity index is 645. The van der Waals surface area contributed by atoms with E-state index in [1.54, 1.807) is 19.1 Å². The summed E-state index contributed by atoms with van der Waals surface area (Å²) in [5, 5.41) is 0.271. The first-order chi connectivity index (χ1) is 7.80. The van der Waals surface area contributed by atoms with Crippen LogP contribution in [0.2, 0.25) is 0 Å². The number of fused-ring (bicyclic) bond motifs is 1. The number of hydrogen-bond acceptors (Lipinski definition) is 1. The molecule has 0 saturated carbocycles. The molecule has 0 aliphatic rings. The Morgan fingerprint density at radius 3 is 2.53 bits per heavy atom. The highest BCUT2D eigenvalue weighted by Crippen LogP contribution is 2.30. The number of aromatic amines is 1. The molecule has 0 atom stereocenters. The van der Waals surface area contributed by atoms with Gasteiger partial charge in [-0.05, 0) is 34.5 Å². The molecule has 6 heteroatoms. The Morgan fingerprint density at radius 1 is 1.29 bits per heavy atom. The Kier molecular flexibility index (Phi) is 2.77. The molecule has 17 heavy (non-hydrogen) atoms. The maximum absolute atomic E-state index is 12.5. The van der Waals surface area contributed by atoms with Crippen LogP contribution in [0.5, 0.6) is 0 Å². The molecule has 2 rings (SSSR count). The van der Waals surface area contributed by atoms with Gasteiger partial charge in [0.2, 0.25) is 0 Å². The number of alkyl halides is 3. The SMILES string of the molecule is Cc1ccc(Br)c2[nH]c(C(F)(F)F)cc(=O)c12. The van der Waals surface area contributed by atoms with Crippen LogP contribution in [-0.4, -0.2) is 4.98 Å². The quantitative estimate of drug-likeness (QED) is 0.792. The van der Waals surface area contributed by atoms with Crippen molar-refractivity contribution in [1.29, 1.82) is 0 Å². The Morgan fingerprint density at radius 2 is 1.94 bits per heavy atom. The number of H-pyrrole nitrogens is 1. The molecule has 2 nitrogen and oxygen atoms in total. The lowest BCUT2D eigenvalue weighted by Gasteiger charge is -2.10. The average Bonchev–Trinajstić information content (AvgIpc) is 2.21. The van der Waals surface area contributed by atoms with E-state index < -0.39 is 17.3 Å². The standard InChI is InChI=1S/C11H7BrF3NO/c1-5-2-3-6(12)10-9(5)7(17)4-8(16-10)11(13,14)15/h2-4H,1H3,(H,16,17). The molecule has 0 saturated heterocycles. The third-order valence-corrected chi connectivity index (χ3v) is 3.11. The van der Waals surface area contributed by atoms with Crippen LogP contribution in [0.1, 0.15) is 11.3 Å². The van der Waals surface area contributed by atoms with Crippen molar-refractivity contribution in [3.8, 4) is 0 Å². The molecule has 1 N–H and O–H groups in total. The minimum absolute atomic E-state index is 0.171. The van der Waals surface area contributed by atoms with E-state index in [4.69, 9.17) is 0 Å². The van der Waals surface area contributed by atoms with E-state index in [0.717, 1.165) is 0 Å². The van der Waals surface area contributed by atoms with Gasteiger partial charge in [-0.25, -0.2) is 0 Å². The van der Waals surface area contributed by atoms with Crippen LogP contribution < -0.4 is 5.43 Å². The van der Waals surface area contributed by atoms with Crippen molar-refractivity contribution in [3.63, 3.8) is 0 Å².